The lowest BCUT2D eigenvalue weighted by atomic mass is 9.97. The molecular formula is C25H24F3N3O4S. The lowest BCUT2D eigenvalue weighted by molar-refractivity contribution is -0.274. The van der Waals surface area contributed by atoms with Crippen molar-refractivity contribution in [3.63, 3.8) is 0 Å². The van der Waals surface area contributed by atoms with Gasteiger partial charge in [0.1, 0.15) is 5.75 Å². The smallest absolute Gasteiger partial charge is 0.406 e. The van der Waals surface area contributed by atoms with Gasteiger partial charge in [-0.1, -0.05) is 36.4 Å². The highest BCUT2D eigenvalue weighted by atomic mass is 32.2. The van der Waals surface area contributed by atoms with E-state index >= 15 is 0 Å². The Morgan fingerprint density at radius 1 is 0.917 bits per heavy atom. The molecule has 3 aromatic carbocycles. The lowest BCUT2D eigenvalue weighted by Gasteiger charge is -2.41. The number of rotatable bonds is 5. The van der Waals surface area contributed by atoms with Crippen molar-refractivity contribution in [2.45, 2.75) is 29.4 Å². The number of fused-ring (bicyclic) bond motifs is 3. The number of piperidine rings is 1. The highest BCUT2D eigenvalue weighted by Crippen LogP contribution is 2.35. The van der Waals surface area contributed by atoms with Gasteiger partial charge in [0.05, 0.1) is 23.1 Å². The molecule has 1 saturated heterocycles. The van der Waals surface area contributed by atoms with Crippen molar-refractivity contribution >= 4 is 31.8 Å². The second-order valence-electron chi connectivity index (χ2n) is 8.93. The van der Waals surface area contributed by atoms with E-state index in [-0.39, 0.29) is 11.4 Å². The lowest BCUT2D eigenvalue weighted by Crippen LogP contribution is -2.58. The molecule has 36 heavy (non-hydrogen) atoms. The van der Waals surface area contributed by atoms with Gasteiger partial charge in [0.15, 0.2) is 0 Å². The number of aromatic nitrogens is 1. The van der Waals surface area contributed by atoms with E-state index in [1.807, 2.05) is 60.5 Å². The number of alkyl halides is 3. The molecule has 7 nitrogen and oxygen atoms in total. The van der Waals surface area contributed by atoms with Crippen LogP contribution in [0.15, 0.2) is 77.7 Å². The number of aliphatic hydroxyl groups is 1. The van der Waals surface area contributed by atoms with Crippen LogP contribution in [0.25, 0.3) is 21.8 Å². The summed E-state index contributed by atoms with van der Waals surface area (Å²) in [4.78, 5) is 1.71. The minimum atomic E-state index is -4.88. The summed E-state index contributed by atoms with van der Waals surface area (Å²) in [7, 11) is -2.29. The van der Waals surface area contributed by atoms with Crippen LogP contribution in [-0.4, -0.2) is 61.6 Å². The third kappa shape index (κ3) is 4.66. The zero-order valence-corrected chi connectivity index (χ0v) is 20.0. The Labute approximate surface area is 205 Å². The Hall–Kier alpha value is -3.12. The van der Waals surface area contributed by atoms with Crippen LogP contribution in [0.1, 0.15) is 6.04 Å². The largest absolute Gasteiger partial charge is 0.573 e. The summed E-state index contributed by atoms with van der Waals surface area (Å²) >= 11 is 0. The number of ether oxygens (including phenoxy) is 1. The van der Waals surface area contributed by atoms with Crippen molar-refractivity contribution in [2.75, 3.05) is 20.1 Å². The predicted octanol–water partition coefficient (Wildman–Crippen LogP) is 3.89. The molecule has 2 N–H and O–H groups in total. The van der Waals surface area contributed by atoms with Gasteiger partial charge in [-0.3, -0.25) is 0 Å². The van der Waals surface area contributed by atoms with E-state index in [1.165, 1.54) is 0 Å². The predicted molar refractivity (Wildman–Crippen MR) is 129 cm³/mol. The van der Waals surface area contributed by atoms with Crippen LogP contribution in [0.2, 0.25) is 0 Å². The third-order valence-electron chi connectivity index (χ3n) is 6.44. The van der Waals surface area contributed by atoms with Crippen molar-refractivity contribution in [3.05, 3.63) is 72.8 Å². The van der Waals surface area contributed by atoms with E-state index in [1.54, 1.807) is 0 Å². The maximum atomic E-state index is 13.1. The first-order chi connectivity index (χ1) is 17.0. The molecule has 2 heterocycles. The zero-order chi connectivity index (χ0) is 25.7. The molecule has 11 heteroatoms. The minimum absolute atomic E-state index is 0.231. The second-order valence-corrected chi connectivity index (χ2v) is 10.6. The topological polar surface area (TPSA) is 83.8 Å². The molecule has 5 rings (SSSR count). The van der Waals surface area contributed by atoms with E-state index in [9.17, 15) is 26.7 Å². The van der Waals surface area contributed by atoms with Gasteiger partial charge in [-0.05, 0) is 43.4 Å². The van der Waals surface area contributed by atoms with Gasteiger partial charge in [-0.25, -0.2) is 13.1 Å². The Kier molecular flexibility index (Phi) is 6.19. The molecule has 190 valence electrons. The van der Waals surface area contributed by atoms with Gasteiger partial charge in [0.2, 0.25) is 10.0 Å². The molecule has 0 spiro atoms. The quantitative estimate of drug-likeness (QED) is 0.418. The maximum absolute atomic E-state index is 13.1. The van der Waals surface area contributed by atoms with Crippen LogP contribution >= 0.6 is 0 Å². The summed E-state index contributed by atoms with van der Waals surface area (Å²) in [5, 5.41) is 13.5. The SMILES string of the molecule is CN1C[C@H](NS(=O)(=O)c2ccc(OC(F)(F)F)cc2)[C@@H](O)[C@H](n2c3ccccc3c3ccccc32)C1. The fourth-order valence-electron chi connectivity index (χ4n) is 4.95. The van der Waals surface area contributed by atoms with E-state index in [2.05, 4.69) is 14.0 Å². The van der Waals surface area contributed by atoms with Crippen molar-refractivity contribution < 1.29 is 31.4 Å². The standard InChI is InChI=1S/C25H24F3N3O4S/c1-30-14-20(29-36(33,34)17-12-10-16(11-13-17)35-25(26,27)28)24(32)23(15-30)31-21-8-4-2-6-18(21)19-7-3-5-9-22(19)31/h2-13,20,23-24,29,32H,14-15H2,1H3/t20-,23+,24+/m0/s1. The number of aliphatic hydroxyl groups excluding tert-OH is 1. The maximum Gasteiger partial charge on any atom is 0.573 e. The first-order valence-electron chi connectivity index (χ1n) is 11.3. The van der Waals surface area contributed by atoms with Gasteiger partial charge < -0.3 is 19.3 Å². The van der Waals surface area contributed by atoms with Crippen molar-refractivity contribution in [3.8, 4) is 5.75 Å². The van der Waals surface area contributed by atoms with Crippen LogP contribution in [0.4, 0.5) is 13.2 Å². The van der Waals surface area contributed by atoms with Gasteiger partial charge in [0, 0.05) is 34.9 Å². The molecule has 0 bridgehead atoms. The molecule has 4 aromatic rings. The summed E-state index contributed by atoms with van der Waals surface area (Å²) in [6.45, 7) is 0.745. The van der Waals surface area contributed by atoms with Crippen molar-refractivity contribution in [2.24, 2.45) is 0 Å². The van der Waals surface area contributed by atoms with Crippen LogP contribution in [0.5, 0.6) is 5.75 Å². The van der Waals surface area contributed by atoms with Gasteiger partial charge in [0.25, 0.3) is 0 Å². The number of hydrogen-bond acceptors (Lipinski definition) is 5. The summed E-state index contributed by atoms with van der Waals surface area (Å²) in [5.41, 5.74) is 1.86. The number of nitrogens with one attached hydrogen (secondary N) is 1. The van der Waals surface area contributed by atoms with Crippen molar-refractivity contribution in [1.82, 2.24) is 14.2 Å². The number of benzene rings is 3. The molecular weight excluding hydrogens is 495 g/mol. The number of likely N-dealkylation sites (N-methyl/N-ethyl adjacent to an activating group) is 1. The molecule has 1 aliphatic rings. The van der Waals surface area contributed by atoms with E-state index in [0.29, 0.717) is 6.54 Å². The molecule has 0 unspecified atom stereocenters. The van der Waals surface area contributed by atoms with Crippen LogP contribution in [0, 0.1) is 0 Å². The van der Waals surface area contributed by atoms with Crippen LogP contribution in [-0.2, 0) is 10.0 Å². The number of sulfonamides is 1. The molecule has 0 radical (unpaired) electrons. The average Bonchev–Trinajstić information content (AvgIpc) is 3.15. The normalized spacial score (nSPS) is 21.8. The fourth-order valence-corrected chi connectivity index (χ4v) is 6.20. The molecule has 0 saturated carbocycles. The van der Waals surface area contributed by atoms with Crippen LogP contribution < -0.4 is 9.46 Å². The minimum Gasteiger partial charge on any atom is -0.406 e. The summed E-state index contributed by atoms with van der Waals surface area (Å²) in [6, 6.07) is 18.3. The third-order valence-corrected chi connectivity index (χ3v) is 7.94. The fraction of sp³-hybridized carbons (Fsp3) is 0.280. The molecule has 1 aromatic heterocycles. The summed E-state index contributed by atoms with van der Waals surface area (Å²) < 4.78 is 71.8. The monoisotopic (exact) mass is 519 g/mol. The Bertz CT molecular complexity index is 1450. The van der Waals surface area contributed by atoms with Gasteiger partial charge >= 0.3 is 6.36 Å². The number of likely N-dealkylation sites (tertiary alicyclic amines) is 1. The number of hydrogen-bond donors (Lipinski definition) is 2. The molecule has 0 aliphatic carbocycles. The Morgan fingerprint density at radius 2 is 1.47 bits per heavy atom. The molecule has 1 aliphatic heterocycles. The zero-order valence-electron chi connectivity index (χ0n) is 19.2. The highest BCUT2D eigenvalue weighted by molar-refractivity contribution is 7.89. The molecule has 1 fully saturated rings. The Morgan fingerprint density at radius 3 is 2.03 bits per heavy atom. The van der Waals surface area contributed by atoms with E-state index in [0.717, 1.165) is 46.1 Å². The first kappa shape index (κ1) is 24.6. The summed E-state index contributed by atoms with van der Waals surface area (Å²) in [6.07, 6.45) is -5.94. The molecule has 0 amide bonds. The second kappa shape index (κ2) is 9.07. The van der Waals surface area contributed by atoms with Gasteiger partial charge in [-0.15, -0.1) is 13.2 Å². The number of nitrogens with zero attached hydrogens (tertiary/aromatic N) is 2. The average molecular weight is 520 g/mol. The first-order valence-corrected chi connectivity index (χ1v) is 12.7. The van der Waals surface area contributed by atoms with Crippen LogP contribution in [0.3, 0.4) is 0 Å². The van der Waals surface area contributed by atoms with Gasteiger partial charge in [-0.2, -0.15) is 0 Å². The Balaban J connectivity index is 1.45. The number of para-hydroxylation sites is 2. The van der Waals surface area contributed by atoms with E-state index in [4.69, 9.17) is 0 Å². The van der Waals surface area contributed by atoms with E-state index < -0.39 is 40.3 Å². The summed E-state index contributed by atoms with van der Waals surface area (Å²) in [5.74, 6) is -0.523. The molecule has 3 atom stereocenters. The van der Waals surface area contributed by atoms with Crippen molar-refractivity contribution in [1.29, 1.82) is 0 Å². The number of halogens is 3. The highest BCUT2D eigenvalue weighted by Gasteiger charge is 2.39.